The molecule has 5 rings (SSSR count). The molecule has 0 saturated carbocycles. The molecule has 4 aliphatic heterocycles. The number of aliphatic hydroxyl groups is 1. The van der Waals surface area contributed by atoms with Gasteiger partial charge in [-0.15, -0.1) is 0 Å². The van der Waals surface area contributed by atoms with Gasteiger partial charge in [0.2, 0.25) is 17.7 Å². The second-order valence-electron chi connectivity index (χ2n) is 11.5. The maximum Gasteiger partial charge on any atom is 0.245 e. The molecule has 1 spiro atoms. The van der Waals surface area contributed by atoms with E-state index < -0.39 is 29.1 Å². The second kappa shape index (κ2) is 11.9. The summed E-state index contributed by atoms with van der Waals surface area (Å²) in [6.45, 7) is 7.02. The lowest BCUT2D eigenvalue weighted by Gasteiger charge is -2.34. The molecular formula is C29H42N4O6. The van der Waals surface area contributed by atoms with Crippen molar-refractivity contribution in [1.29, 1.82) is 0 Å². The largest absolute Gasteiger partial charge is 0.396 e. The van der Waals surface area contributed by atoms with Crippen LogP contribution in [-0.4, -0.2) is 102 Å². The average Bonchev–Trinajstić information content (AvgIpc) is 3.51. The van der Waals surface area contributed by atoms with Crippen LogP contribution in [0.25, 0.3) is 0 Å². The number of likely N-dealkylation sites (tertiary alicyclic amines) is 1. The van der Waals surface area contributed by atoms with Crippen LogP contribution in [0.1, 0.15) is 44.6 Å². The van der Waals surface area contributed by atoms with Crippen LogP contribution < -0.4 is 10.6 Å². The molecule has 3 amide bonds. The van der Waals surface area contributed by atoms with E-state index >= 15 is 0 Å². The van der Waals surface area contributed by atoms with Crippen LogP contribution in [0.4, 0.5) is 0 Å². The van der Waals surface area contributed by atoms with Gasteiger partial charge in [-0.05, 0) is 44.6 Å². The van der Waals surface area contributed by atoms with E-state index in [-0.39, 0.29) is 24.3 Å². The maximum absolute atomic E-state index is 14.0. The standard InChI is InChI=1S/C29H42N4O6/c1-28-10-11-29(39-28)23(22(28)25(35)31-20-21-8-4-2-5-9-21)27(37)33(13-6-3-7-17-34)24(29)26(36)30-12-14-32-15-18-38-19-16-32/h2,4-5,8-9,22-24,34H,3,6-7,10-20H2,1H3,(H,30,36)(H,31,35)/t22-,23+,24?,28+,29?/m1/s1. The first-order valence-electron chi connectivity index (χ1n) is 14.4. The fourth-order valence-electron chi connectivity index (χ4n) is 7.09. The van der Waals surface area contributed by atoms with E-state index in [2.05, 4.69) is 15.5 Å². The van der Waals surface area contributed by atoms with Crippen LogP contribution in [-0.2, 0) is 30.4 Å². The highest BCUT2D eigenvalue weighted by atomic mass is 16.5. The number of amides is 3. The van der Waals surface area contributed by atoms with Crippen molar-refractivity contribution in [1.82, 2.24) is 20.4 Å². The Morgan fingerprint density at radius 3 is 2.54 bits per heavy atom. The van der Waals surface area contributed by atoms with Crippen LogP contribution >= 0.6 is 0 Å². The topological polar surface area (TPSA) is 120 Å². The number of rotatable bonds is 12. The lowest BCUT2D eigenvalue weighted by atomic mass is 9.66. The molecule has 3 N–H and O–H groups in total. The third-order valence-electron chi connectivity index (χ3n) is 9.01. The number of hydrogen-bond acceptors (Lipinski definition) is 7. The Morgan fingerprint density at radius 2 is 1.79 bits per heavy atom. The molecule has 5 atom stereocenters. The highest BCUT2D eigenvalue weighted by Crippen LogP contribution is 2.63. The van der Waals surface area contributed by atoms with Crippen molar-refractivity contribution in [2.24, 2.45) is 11.8 Å². The fourth-order valence-corrected chi connectivity index (χ4v) is 7.09. The predicted octanol–water partition coefficient (Wildman–Crippen LogP) is 0.679. The number of fused-ring (bicyclic) bond motifs is 1. The average molecular weight is 543 g/mol. The Labute approximate surface area is 230 Å². The first-order chi connectivity index (χ1) is 18.9. The predicted molar refractivity (Wildman–Crippen MR) is 143 cm³/mol. The Hall–Kier alpha value is -2.53. The summed E-state index contributed by atoms with van der Waals surface area (Å²) in [5.41, 5.74) is -0.827. The zero-order valence-electron chi connectivity index (χ0n) is 22.9. The van der Waals surface area contributed by atoms with Gasteiger partial charge in [0.15, 0.2) is 0 Å². The van der Waals surface area contributed by atoms with E-state index in [1.807, 2.05) is 37.3 Å². The molecule has 214 valence electrons. The Morgan fingerprint density at radius 1 is 1.03 bits per heavy atom. The monoisotopic (exact) mass is 542 g/mol. The lowest BCUT2D eigenvalue weighted by Crippen LogP contribution is -2.56. The van der Waals surface area contributed by atoms with E-state index in [1.165, 1.54) is 0 Å². The minimum absolute atomic E-state index is 0.0943. The van der Waals surface area contributed by atoms with Gasteiger partial charge in [-0.25, -0.2) is 0 Å². The number of hydrogen-bond donors (Lipinski definition) is 3. The molecule has 4 saturated heterocycles. The number of carbonyl (C=O) groups excluding carboxylic acids is 3. The third-order valence-corrected chi connectivity index (χ3v) is 9.01. The quantitative estimate of drug-likeness (QED) is 0.332. The number of benzene rings is 1. The van der Waals surface area contributed by atoms with Crippen LogP contribution in [0.5, 0.6) is 0 Å². The van der Waals surface area contributed by atoms with E-state index in [9.17, 15) is 19.5 Å². The van der Waals surface area contributed by atoms with Crippen LogP contribution in [0.3, 0.4) is 0 Å². The Bertz CT molecular complexity index is 1030. The molecule has 0 radical (unpaired) electrons. The van der Waals surface area contributed by atoms with Gasteiger partial charge in [-0.3, -0.25) is 19.3 Å². The number of unbranched alkanes of at least 4 members (excludes halogenated alkanes) is 2. The van der Waals surface area contributed by atoms with Crippen molar-refractivity contribution < 1.29 is 29.0 Å². The van der Waals surface area contributed by atoms with Crippen molar-refractivity contribution >= 4 is 17.7 Å². The van der Waals surface area contributed by atoms with Gasteiger partial charge >= 0.3 is 0 Å². The first kappa shape index (κ1) is 28.0. The zero-order chi connectivity index (χ0) is 27.5. The molecule has 10 heteroatoms. The molecule has 39 heavy (non-hydrogen) atoms. The Kier molecular flexibility index (Phi) is 8.56. The highest BCUT2D eigenvalue weighted by Gasteiger charge is 2.77. The third kappa shape index (κ3) is 5.44. The Balaban J connectivity index is 1.33. The van der Waals surface area contributed by atoms with E-state index in [0.717, 1.165) is 25.1 Å². The summed E-state index contributed by atoms with van der Waals surface area (Å²) in [7, 11) is 0. The van der Waals surface area contributed by atoms with Gasteiger partial charge in [-0.1, -0.05) is 30.3 Å². The molecule has 4 heterocycles. The van der Waals surface area contributed by atoms with Crippen molar-refractivity contribution in [3.05, 3.63) is 35.9 Å². The van der Waals surface area contributed by atoms with Crippen LogP contribution in [0, 0.1) is 11.8 Å². The van der Waals surface area contributed by atoms with Gasteiger partial charge in [-0.2, -0.15) is 0 Å². The summed E-state index contributed by atoms with van der Waals surface area (Å²) in [6, 6.07) is 8.91. The van der Waals surface area contributed by atoms with Crippen molar-refractivity contribution in [3.8, 4) is 0 Å². The van der Waals surface area contributed by atoms with Gasteiger partial charge in [0, 0.05) is 45.9 Å². The van der Waals surface area contributed by atoms with Crippen molar-refractivity contribution in [2.45, 2.75) is 62.8 Å². The van der Waals surface area contributed by atoms with Crippen molar-refractivity contribution in [3.63, 3.8) is 0 Å². The molecule has 0 aromatic heterocycles. The van der Waals surface area contributed by atoms with E-state index in [4.69, 9.17) is 9.47 Å². The van der Waals surface area contributed by atoms with Crippen LogP contribution in [0.2, 0.25) is 0 Å². The number of carbonyl (C=O) groups is 3. The highest BCUT2D eigenvalue weighted by molar-refractivity contribution is 5.99. The first-order valence-corrected chi connectivity index (χ1v) is 14.4. The maximum atomic E-state index is 14.0. The number of ether oxygens (including phenoxy) is 2. The smallest absolute Gasteiger partial charge is 0.245 e. The second-order valence-corrected chi connectivity index (χ2v) is 11.5. The number of nitrogens with one attached hydrogen (secondary N) is 2. The normalized spacial score (nSPS) is 31.9. The molecule has 0 aliphatic carbocycles. The fraction of sp³-hybridized carbons (Fsp3) is 0.690. The van der Waals surface area contributed by atoms with E-state index in [1.54, 1.807) is 4.90 Å². The summed E-state index contributed by atoms with van der Waals surface area (Å²) in [5.74, 6) is -1.94. The van der Waals surface area contributed by atoms with Crippen molar-refractivity contribution in [2.75, 3.05) is 52.5 Å². The van der Waals surface area contributed by atoms with E-state index in [0.29, 0.717) is 65.1 Å². The summed E-state index contributed by atoms with van der Waals surface area (Å²) >= 11 is 0. The SMILES string of the molecule is C[C@@]12CCC3(O1)C(C(=O)NCCN1CCOCC1)N(CCCCCO)C(=O)[C@@H]3[C@@H]2C(=O)NCc1ccccc1. The molecule has 1 aromatic carbocycles. The van der Waals surface area contributed by atoms with Gasteiger partial charge < -0.3 is 30.1 Å². The minimum Gasteiger partial charge on any atom is -0.396 e. The van der Waals surface area contributed by atoms with Gasteiger partial charge in [0.05, 0.1) is 30.7 Å². The minimum atomic E-state index is -1.01. The molecular weight excluding hydrogens is 500 g/mol. The summed E-state index contributed by atoms with van der Waals surface area (Å²) in [5, 5.41) is 15.3. The zero-order valence-corrected chi connectivity index (χ0v) is 22.9. The van der Waals surface area contributed by atoms with Gasteiger partial charge in [0.1, 0.15) is 11.6 Å². The molecule has 4 fully saturated rings. The molecule has 1 aromatic rings. The summed E-state index contributed by atoms with van der Waals surface area (Å²) in [6.07, 6.45) is 3.26. The lowest BCUT2D eigenvalue weighted by molar-refractivity contribution is -0.146. The number of nitrogens with zero attached hydrogens (tertiary/aromatic N) is 2. The number of aliphatic hydroxyl groups excluding tert-OH is 1. The molecule has 2 unspecified atom stereocenters. The van der Waals surface area contributed by atoms with Crippen LogP contribution in [0.15, 0.2) is 30.3 Å². The van der Waals surface area contributed by atoms with Gasteiger partial charge in [0.25, 0.3) is 0 Å². The summed E-state index contributed by atoms with van der Waals surface area (Å²) < 4.78 is 12.1. The molecule has 10 nitrogen and oxygen atoms in total. The summed E-state index contributed by atoms with van der Waals surface area (Å²) in [4.78, 5) is 45.3. The molecule has 4 aliphatic rings. The molecule has 2 bridgehead atoms. The number of morpholine rings is 1.